The van der Waals surface area contributed by atoms with Crippen molar-refractivity contribution < 1.29 is 28.2 Å². The lowest BCUT2D eigenvalue weighted by Crippen LogP contribution is -2.67. The molecule has 0 saturated carbocycles. The molecule has 2 aromatic rings. The van der Waals surface area contributed by atoms with Crippen molar-refractivity contribution in [2.24, 2.45) is 0 Å². The molecule has 1 heterocycles. The van der Waals surface area contributed by atoms with E-state index >= 15 is 0 Å². The minimum Gasteiger partial charge on any atom is -0.395 e. The number of nitrogens with one attached hydrogen (secondary N) is 1. The summed E-state index contributed by atoms with van der Waals surface area (Å²) >= 11 is 0. The molecule has 162 valence electrons. The summed E-state index contributed by atoms with van der Waals surface area (Å²) < 4.78 is 42.5. The number of aliphatic hydroxyl groups excluding tert-OH is 1. The Morgan fingerprint density at radius 3 is 2.53 bits per heavy atom. The molecular weight excluding hydrogens is 399 g/mol. The van der Waals surface area contributed by atoms with E-state index in [1.165, 1.54) is 17.0 Å². The van der Waals surface area contributed by atoms with Gasteiger partial charge in [0.1, 0.15) is 11.4 Å². The average Bonchev–Trinajstić information content (AvgIpc) is 2.65. The number of amides is 1. The Kier molecular flexibility index (Phi) is 6.35. The van der Waals surface area contributed by atoms with E-state index in [4.69, 9.17) is 5.11 Å². The smallest absolute Gasteiger partial charge is 0.256 e. The van der Waals surface area contributed by atoms with Gasteiger partial charge in [-0.15, -0.1) is 0 Å². The van der Waals surface area contributed by atoms with Crippen LogP contribution in [0.15, 0.2) is 30.3 Å². The van der Waals surface area contributed by atoms with Gasteiger partial charge in [0.05, 0.1) is 36.6 Å². The molecule has 0 bridgehead atoms. The molecule has 0 aromatic heterocycles. The Balaban J connectivity index is 1.81. The summed E-state index contributed by atoms with van der Waals surface area (Å²) in [6, 6.07) is 6.18. The Bertz CT molecular complexity index is 949. The first-order valence-electron chi connectivity index (χ1n) is 9.46. The summed E-state index contributed by atoms with van der Waals surface area (Å²) in [5.74, 6) is -3.74. The lowest BCUT2D eigenvalue weighted by molar-refractivity contribution is -0.0955. The zero-order chi connectivity index (χ0) is 22.1. The van der Waals surface area contributed by atoms with E-state index in [-0.39, 0.29) is 37.5 Å². The molecule has 0 unspecified atom stereocenters. The van der Waals surface area contributed by atoms with Gasteiger partial charge in [-0.05, 0) is 43.8 Å². The minimum absolute atomic E-state index is 0.00106. The molecule has 0 aliphatic carbocycles. The van der Waals surface area contributed by atoms with Gasteiger partial charge in [-0.1, -0.05) is 6.07 Å². The minimum atomic E-state index is -1.29. The molecule has 6 nitrogen and oxygen atoms in total. The van der Waals surface area contributed by atoms with Crippen molar-refractivity contribution in [3.8, 4) is 0 Å². The van der Waals surface area contributed by atoms with Gasteiger partial charge < -0.3 is 25.3 Å². The fourth-order valence-corrected chi connectivity index (χ4v) is 3.54. The maximum Gasteiger partial charge on any atom is 0.256 e. The molecule has 3 N–H and O–H groups in total. The molecule has 3 rings (SSSR count). The third-order valence-electron chi connectivity index (χ3n) is 5.01. The maximum absolute atomic E-state index is 14.5. The fraction of sp³-hybridized carbons (Fsp3) is 0.381. The summed E-state index contributed by atoms with van der Waals surface area (Å²) in [6.45, 7) is 2.24. The van der Waals surface area contributed by atoms with Gasteiger partial charge in [-0.2, -0.15) is 0 Å². The number of carbonyl (C=O) groups is 1. The van der Waals surface area contributed by atoms with E-state index in [2.05, 4.69) is 5.32 Å². The Labute approximate surface area is 172 Å². The van der Waals surface area contributed by atoms with Crippen LogP contribution >= 0.6 is 0 Å². The molecule has 0 radical (unpaired) electrons. The number of rotatable bonds is 7. The van der Waals surface area contributed by atoms with Crippen molar-refractivity contribution in [3.05, 3.63) is 58.9 Å². The van der Waals surface area contributed by atoms with Crippen LogP contribution in [0.4, 0.5) is 24.5 Å². The first kappa shape index (κ1) is 22.1. The standard InChI is InChI=1S/C21H24F3N3O3/c1-13-3-6-17(16(23)9-13)25-19-14(4-5-15(22)18(19)24)20(29)27-11-21(30,12-27)10-26(2)7-8-28/h3-6,9,25,28,30H,7-8,10-12H2,1-2H3. The first-order chi connectivity index (χ1) is 14.1. The zero-order valence-corrected chi connectivity index (χ0v) is 16.8. The van der Waals surface area contributed by atoms with Crippen LogP contribution in [0.1, 0.15) is 15.9 Å². The number of halogens is 3. The van der Waals surface area contributed by atoms with E-state index in [9.17, 15) is 23.1 Å². The van der Waals surface area contributed by atoms with Crippen LogP contribution in [-0.4, -0.2) is 71.4 Å². The second kappa shape index (κ2) is 8.63. The Morgan fingerprint density at radius 2 is 1.90 bits per heavy atom. The highest BCUT2D eigenvalue weighted by Crippen LogP contribution is 2.31. The summed E-state index contributed by atoms with van der Waals surface area (Å²) in [6.07, 6.45) is 0. The highest BCUT2D eigenvalue weighted by Gasteiger charge is 2.45. The monoisotopic (exact) mass is 423 g/mol. The normalized spacial score (nSPS) is 15.3. The second-order valence-corrected chi connectivity index (χ2v) is 7.74. The van der Waals surface area contributed by atoms with Gasteiger partial charge in [0, 0.05) is 13.1 Å². The topological polar surface area (TPSA) is 76.0 Å². The third kappa shape index (κ3) is 4.58. The Hall–Kier alpha value is -2.62. The van der Waals surface area contributed by atoms with Gasteiger partial charge >= 0.3 is 0 Å². The summed E-state index contributed by atoms with van der Waals surface area (Å²) in [5.41, 5.74) is -1.23. The molecule has 1 saturated heterocycles. The number of benzene rings is 2. The van der Waals surface area contributed by atoms with Crippen LogP contribution in [0, 0.1) is 24.4 Å². The van der Waals surface area contributed by atoms with Crippen molar-refractivity contribution in [2.45, 2.75) is 12.5 Å². The number of hydrogen-bond acceptors (Lipinski definition) is 5. The van der Waals surface area contributed by atoms with E-state index in [1.807, 2.05) is 0 Å². The van der Waals surface area contributed by atoms with Crippen LogP contribution in [0.2, 0.25) is 0 Å². The van der Waals surface area contributed by atoms with Gasteiger partial charge in [0.15, 0.2) is 11.6 Å². The van der Waals surface area contributed by atoms with Crippen molar-refractivity contribution in [1.82, 2.24) is 9.80 Å². The van der Waals surface area contributed by atoms with Crippen molar-refractivity contribution in [1.29, 1.82) is 0 Å². The number of likely N-dealkylation sites (tertiary alicyclic amines) is 1. The van der Waals surface area contributed by atoms with Crippen LogP contribution in [0.5, 0.6) is 0 Å². The SMILES string of the molecule is Cc1ccc(Nc2c(C(=O)N3CC(O)(CN(C)CCO)C3)ccc(F)c2F)c(F)c1. The lowest BCUT2D eigenvalue weighted by Gasteiger charge is -2.48. The predicted molar refractivity (Wildman–Crippen MR) is 106 cm³/mol. The molecule has 1 aliphatic heterocycles. The molecule has 0 spiro atoms. The number of aryl methyl sites for hydroxylation is 1. The number of carbonyl (C=O) groups excluding carboxylic acids is 1. The number of hydrogen-bond donors (Lipinski definition) is 3. The van der Waals surface area contributed by atoms with Gasteiger partial charge in [0.25, 0.3) is 5.91 Å². The fourth-order valence-electron chi connectivity index (χ4n) is 3.54. The number of anilines is 2. The van der Waals surface area contributed by atoms with Crippen molar-refractivity contribution >= 4 is 17.3 Å². The number of likely N-dealkylation sites (N-methyl/N-ethyl adjacent to an activating group) is 1. The van der Waals surface area contributed by atoms with E-state index < -0.39 is 34.6 Å². The van der Waals surface area contributed by atoms with Gasteiger partial charge in [0.2, 0.25) is 0 Å². The van der Waals surface area contributed by atoms with Crippen molar-refractivity contribution in [3.63, 3.8) is 0 Å². The van der Waals surface area contributed by atoms with E-state index in [1.54, 1.807) is 24.9 Å². The van der Waals surface area contributed by atoms with Crippen LogP contribution in [0.3, 0.4) is 0 Å². The largest absolute Gasteiger partial charge is 0.395 e. The average molecular weight is 423 g/mol. The van der Waals surface area contributed by atoms with Crippen LogP contribution in [-0.2, 0) is 0 Å². The summed E-state index contributed by atoms with van der Waals surface area (Å²) in [4.78, 5) is 15.9. The molecular formula is C21H24F3N3O3. The molecule has 1 amide bonds. The molecule has 1 fully saturated rings. The van der Waals surface area contributed by atoms with E-state index in [0.29, 0.717) is 12.1 Å². The Morgan fingerprint density at radius 1 is 1.20 bits per heavy atom. The highest BCUT2D eigenvalue weighted by atomic mass is 19.2. The first-order valence-corrected chi connectivity index (χ1v) is 9.46. The number of nitrogens with zero attached hydrogens (tertiary/aromatic N) is 2. The molecule has 2 aromatic carbocycles. The molecule has 30 heavy (non-hydrogen) atoms. The lowest BCUT2D eigenvalue weighted by atomic mass is 9.92. The quantitative estimate of drug-likeness (QED) is 0.637. The maximum atomic E-state index is 14.5. The second-order valence-electron chi connectivity index (χ2n) is 7.74. The van der Waals surface area contributed by atoms with Crippen LogP contribution < -0.4 is 5.32 Å². The van der Waals surface area contributed by atoms with Gasteiger partial charge in [-0.25, -0.2) is 13.2 Å². The van der Waals surface area contributed by atoms with Crippen molar-refractivity contribution in [2.75, 3.05) is 45.2 Å². The van der Waals surface area contributed by atoms with E-state index in [0.717, 1.165) is 12.1 Å². The third-order valence-corrected chi connectivity index (χ3v) is 5.01. The molecule has 1 aliphatic rings. The van der Waals surface area contributed by atoms with Crippen LogP contribution in [0.25, 0.3) is 0 Å². The highest BCUT2D eigenvalue weighted by molar-refractivity contribution is 6.01. The predicted octanol–water partition coefficient (Wildman–Crippen LogP) is 2.27. The molecule has 0 atom stereocenters. The number of β-amino-alcohol motifs (C(OH)–C–C–N with tert-alkyl or cyclic N) is 1. The number of aliphatic hydroxyl groups is 2. The molecule has 9 heteroatoms. The summed E-state index contributed by atoms with van der Waals surface area (Å²) in [7, 11) is 1.73. The summed E-state index contributed by atoms with van der Waals surface area (Å²) in [5, 5.41) is 22.0. The van der Waals surface area contributed by atoms with Gasteiger partial charge in [-0.3, -0.25) is 4.79 Å². The zero-order valence-electron chi connectivity index (χ0n) is 16.8.